The van der Waals surface area contributed by atoms with Gasteiger partial charge < -0.3 is 10.6 Å². The molecule has 1 aromatic rings. The van der Waals surface area contributed by atoms with Crippen molar-refractivity contribution in [1.82, 2.24) is 4.98 Å². The Balaban J connectivity index is 3.01. The molecule has 0 fully saturated rings. The van der Waals surface area contributed by atoms with Gasteiger partial charge >= 0.3 is 0 Å². The van der Waals surface area contributed by atoms with Crippen molar-refractivity contribution < 1.29 is 0 Å². The predicted octanol–water partition coefficient (Wildman–Crippen LogP) is 2.84. The molecule has 0 bridgehead atoms. The maximum absolute atomic E-state index is 5.72. The average molecular weight is 221 g/mol. The summed E-state index contributed by atoms with van der Waals surface area (Å²) < 4.78 is 0. The molecule has 90 valence electrons. The molecule has 2 N–H and O–H groups in total. The van der Waals surface area contributed by atoms with Gasteiger partial charge in [0.05, 0.1) is 11.9 Å². The minimum atomic E-state index is 0.456. The molecule has 0 radical (unpaired) electrons. The van der Waals surface area contributed by atoms with E-state index >= 15 is 0 Å². The van der Waals surface area contributed by atoms with E-state index in [2.05, 4.69) is 44.5 Å². The molecule has 0 saturated carbocycles. The highest BCUT2D eigenvalue weighted by atomic mass is 15.2. The zero-order chi connectivity index (χ0) is 12.3. The van der Waals surface area contributed by atoms with Gasteiger partial charge in [-0.2, -0.15) is 0 Å². The molecular formula is C13H23N3. The zero-order valence-electron chi connectivity index (χ0n) is 11.0. The number of anilines is 2. The number of nitrogen functional groups attached to an aromatic ring is 1. The lowest BCUT2D eigenvalue weighted by molar-refractivity contribution is 0.565. The second-order valence-corrected chi connectivity index (χ2v) is 5.05. The number of nitrogens with zero attached hydrogens (tertiary/aromatic N) is 2. The lowest BCUT2D eigenvalue weighted by Crippen LogP contribution is -2.35. The predicted molar refractivity (Wildman–Crippen MR) is 70.7 cm³/mol. The van der Waals surface area contributed by atoms with E-state index in [0.29, 0.717) is 12.0 Å². The number of pyridine rings is 1. The van der Waals surface area contributed by atoms with Gasteiger partial charge in [-0.05, 0) is 38.3 Å². The molecule has 0 spiro atoms. The molecule has 3 nitrogen and oxygen atoms in total. The number of nitrogens with two attached hydrogens (primary N) is 1. The Bertz CT molecular complexity index is 345. The Kier molecular flexibility index (Phi) is 4.16. The van der Waals surface area contributed by atoms with Gasteiger partial charge in [0, 0.05) is 12.6 Å². The molecular weight excluding hydrogens is 198 g/mol. The summed E-state index contributed by atoms with van der Waals surface area (Å²) in [5.41, 5.74) is 7.60. The van der Waals surface area contributed by atoms with Crippen LogP contribution in [0.15, 0.2) is 12.3 Å². The molecule has 0 aliphatic carbocycles. The van der Waals surface area contributed by atoms with Crippen LogP contribution in [0.1, 0.15) is 33.3 Å². The molecule has 0 saturated heterocycles. The first-order valence-electron chi connectivity index (χ1n) is 5.90. The molecule has 0 aliphatic heterocycles. The quantitative estimate of drug-likeness (QED) is 0.850. The highest BCUT2D eigenvalue weighted by Crippen LogP contribution is 2.21. The van der Waals surface area contributed by atoms with E-state index in [-0.39, 0.29) is 0 Å². The van der Waals surface area contributed by atoms with Crippen LogP contribution in [0.5, 0.6) is 0 Å². The molecule has 0 unspecified atom stereocenters. The van der Waals surface area contributed by atoms with Gasteiger partial charge in [-0.3, -0.25) is 0 Å². The van der Waals surface area contributed by atoms with Crippen LogP contribution in [-0.2, 0) is 0 Å². The van der Waals surface area contributed by atoms with Crippen LogP contribution in [0.25, 0.3) is 0 Å². The normalized spacial score (nSPS) is 11.2. The highest BCUT2D eigenvalue weighted by molar-refractivity contribution is 5.53. The summed E-state index contributed by atoms with van der Waals surface area (Å²) in [6, 6.07) is 2.44. The molecule has 16 heavy (non-hydrogen) atoms. The van der Waals surface area contributed by atoms with E-state index < -0.39 is 0 Å². The Morgan fingerprint density at radius 3 is 2.38 bits per heavy atom. The van der Waals surface area contributed by atoms with Crippen LogP contribution >= 0.6 is 0 Å². The number of aryl methyl sites for hydroxylation is 1. The van der Waals surface area contributed by atoms with Crippen molar-refractivity contribution in [3.63, 3.8) is 0 Å². The fourth-order valence-electron chi connectivity index (χ4n) is 1.83. The second-order valence-electron chi connectivity index (χ2n) is 5.05. The van der Waals surface area contributed by atoms with Crippen molar-refractivity contribution in [1.29, 1.82) is 0 Å². The first-order valence-corrected chi connectivity index (χ1v) is 5.90. The van der Waals surface area contributed by atoms with Crippen molar-refractivity contribution in [2.45, 2.75) is 40.7 Å². The molecule has 3 heteroatoms. The molecule has 0 amide bonds. The molecule has 1 aromatic heterocycles. The minimum Gasteiger partial charge on any atom is -0.397 e. The van der Waals surface area contributed by atoms with Crippen LogP contribution in [0.4, 0.5) is 11.5 Å². The number of hydrogen-bond acceptors (Lipinski definition) is 3. The van der Waals surface area contributed by atoms with Crippen molar-refractivity contribution in [2.24, 2.45) is 5.92 Å². The molecule has 0 atom stereocenters. The molecule has 0 aromatic carbocycles. The SMILES string of the molecule is Cc1cc(N)cnc1N(CC(C)C)C(C)C. The van der Waals surface area contributed by atoms with Gasteiger partial charge in [-0.1, -0.05) is 13.8 Å². The van der Waals surface area contributed by atoms with E-state index in [9.17, 15) is 0 Å². The molecule has 0 aliphatic rings. The summed E-state index contributed by atoms with van der Waals surface area (Å²) in [6.07, 6.45) is 1.73. The van der Waals surface area contributed by atoms with Gasteiger partial charge in [0.2, 0.25) is 0 Å². The van der Waals surface area contributed by atoms with Gasteiger partial charge in [0.1, 0.15) is 5.82 Å². The molecule has 1 rings (SSSR count). The Hall–Kier alpha value is -1.25. The van der Waals surface area contributed by atoms with Crippen LogP contribution in [0.2, 0.25) is 0 Å². The smallest absolute Gasteiger partial charge is 0.131 e. The first kappa shape index (κ1) is 12.8. The third kappa shape index (κ3) is 3.12. The maximum Gasteiger partial charge on any atom is 0.131 e. The Morgan fingerprint density at radius 1 is 1.31 bits per heavy atom. The maximum atomic E-state index is 5.72. The summed E-state index contributed by atoms with van der Waals surface area (Å²) >= 11 is 0. The lowest BCUT2D eigenvalue weighted by Gasteiger charge is -2.30. The summed E-state index contributed by atoms with van der Waals surface area (Å²) in [4.78, 5) is 6.79. The van der Waals surface area contributed by atoms with Crippen molar-refractivity contribution in [2.75, 3.05) is 17.2 Å². The Labute approximate surface area is 98.7 Å². The van der Waals surface area contributed by atoms with Crippen LogP contribution in [-0.4, -0.2) is 17.6 Å². The highest BCUT2D eigenvalue weighted by Gasteiger charge is 2.15. The average Bonchev–Trinajstić information content (AvgIpc) is 2.14. The van der Waals surface area contributed by atoms with Gasteiger partial charge in [0.25, 0.3) is 0 Å². The first-order chi connectivity index (χ1) is 7.41. The number of aromatic nitrogens is 1. The summed E-state index contributed by atoms with van der Waals surface area (Å²) in [6.45, 7) is 11.9. The van der Waals surface area contributed by atoms with Gasteiger partial charge in [-0.15, -0.1) is 0 Å². The fraction of sp³-hybridized carbons (Fsp3) is 0.615. The zero-order valence-corrected chi connectivity index (χ0v) is 11.0. The Morgan fingerprint density at radius 2 is 1.94 bits per heavy atom. The van der Waals surface area contributed by atoms with E-state index in [1.807, 2.05) is 6.07 Å². The van der Waals surface area contributed by atoms with Gasteiger partial charge in [0.15, 0.2) is 0 Å². The van der Waals surface area contributed by atoms with Gasteiger partial charge in [-0.25, -0.2) is 4.98 Å². The van der Waals surface area contributed by atoms with E-state index in [4.69, 9.17) is 5.73 Å². The topological polar surface area (TPSA) is 42.1 Å². The standard InChI is InChI=1S/C13H23N3/c1-9(2)8-16(10(3)4)13-11(5)6-12(14)7-15-13/h6-7,9-10H,8,14H2,1-5H3. The third-order valence-corrected chi connectivity index (χ3v) is 2.53. The monoisotopic (exact) mass is 221 g/mol. The van der Waals surface area contributed by atoms with Crippen LogP contribution in [0.3, 0.4) is 0 Å². The van der Waals surface area contributed by atoms with E-state index in [1.54, 1.807) is 6.20 Å². The van der Waals surface area contributed by atoms with Crippen molar-refractivity contribution >= 4 is 11.5 Å². The van der Waals surface area contributed by atoms with E-state index in [0.717, 1.165) is 23.6 Å². The summed E-state index contributed by atoms with van der Waals surface area (Å²) in [5, 5.41) is 0. The number of hydrogen-bond donors (Lipinski definition) is 1. The van der Waals surface area contributed by atoms with Crippen LogP contribution < -0.4 is 10.6 Å². The lowest BCUT2D eigenvalue weighted by atomic mass is 10.1. The van der Waals surface area contributed by atoms with Crippen molar-refractivity contribution in [3.8, 4) is 0 Å². The summed E-state index contributed by atoms with van der Waals surface area (Å²) in [5.74, 6) is 1.68. The third-order valence-electron chi connectivity index (χ3n) is 2.53. The second kappa shape index (κ2) is 5.19. The fourth-order valence-corrected chi connectivity index (χ4v) is 1.83. The van der Waals surface area contributed by atoms with Crippen molar-refractivity contribution in [3.05, 3.63) is 17.8 Å². The number of rotatable bonds is 4. The summed E-state index contributed by atoms with van der Waals surface area (Å²) in [7, 11) is 0. The van der Waals surface area contributed by atoms with E-state index in [1.165, 1.54) is 0 Å². The largest absolute Gasteiger partial charge is 0.397 e. The van der Waals surface area contributed by atoms with Crippen LogP contribution in [0, 0.1) is 12.8 Å². The minimum absolute atomic E-state index is 0.456. The molecule has 1 heterocycles.